The van der Waals surface area contributed by atoms with Crippen LogP contribution in [0.15, 0.2) is 115 Å². The van der Waals surface area contributed by atoms with Gasteiger partial charge in [0.05, 0.1) is 22.5 Å². The van der Waals surface area contributed by atoms with Crippen LogP contribution in [0, 0.1) is 0 Å². The molecule has 0 amide bonds. The van der Waals surface area contributed by atoms with E-state index >= 15 is 0 Å². The minimum atomic E-state index is -0.640. The SMILES string of the molecule is O=C1c2ccccc2C2(c3ccccc31)c1ccccc1N(c1ccc3c(c1)OCCO3)c1ccccc12. The zero-order valence-electron chi connectivity index (χ0n) is 20.6. The molecule has 0 bridgehead atoms. The van der Waals surface area contributed by atoms with Crippen molar-refractivity contribution in [2.75, 3.05) is 18.1 Å². The zero-order chi connectivity index (χ0) is 25.3. The standard InChI is InChI=1S/C34H23NO3/c36-33-23-9-1-3-11-25(23)34(26-12-4-2-10-24(26)33)27-13-5-7-15-29(27)35(30-16-8-6-14-28(30)34)22-17-18-31-32(21-22)38-20-19-37-31/h1-18,21H,19-20H2. The molecule has 4 nitrogen and oxygen atoms in total. The first-order chi connectivity index (χ1) is 18.8. The largest absolute Gasteiger partial charge is 0.486 e. The molecule has 3 aliphatic rings. The fraction of sp³-hybridized carbons (Fsp3) is 0.0882. The predicted octanol–water partition coefficient (Wildman–Crippen LogP) is 7.17. The van der Waals surface area contributed by atoms with E-state index in [0.717, 1.165) is 61.9 Å². The molecule has 38 heavy (non-hydrogen) atoms. The van der Waals surface area contributed by atoms with Crippen LogP contribution in [-0.4, -0.2) is 19.0 Å². The molecule has 8 rings (SSSR count). The molecule has 0 aromatic heterocycles. The number of carbonyl (C=O) groups is 1. The summed E-state index contributed by atoms with van der Waals surface area (Å²) in [6.07, 6.45) is 0. The van der Waals surface area contributed by atoms with E-state index in [-0.39, 0.29) is 5.78 Å². The second-order valence-electron chi connectivity index (χ2n) is 9.87. The number of ketones is 1. The number of fused-ring (bicyclic) bond motifs is 9. The number of ether oxygens (including phenoxy) is 2. The van der Waals surface area contributed by atoms with Gasteiger partial charge in [-0.2, -0.15) is 0 Å². The molecule has 2 heterocycles. The maximum atomic E-state index is 13.7. The molecule has 1 aliphatic carbocycles. The van der Waals surface area contributed by atoms with Crippen LogP contribution in [0.25, 0.3) is 0 Å². The molecule has 0 saturated carbocycles. The van der Waals surface area contributed by atoms with Crippen LogP contribution in [0.1, 0.15) is 38.2 Å². The fourth-order valence-corrected chi connectivity index (χ4v) is 6.58. The van der Waals surface area contributed by atoms with Gasteiger partial charge in [0.2, 0.25) is 0 Å². The van der Waals surface area contributed by atoms with E-state index in [2.05, 4.69) is 77.7 Å². The summed E-state index contributed by atoms with van der Waals surface area (Å²) in [6.45, 7) is 1.09. The van der Waals surface area contributed by atoms with Crippen LogP contribution >= 0.6 is 0 Å². The van der Waals surface area contributed by atoms with E-state index < -0.39 is 5.41 Å². The summed E-state index contributed by atoms with van der Waals surface area (Å²) < 4.78 is 11.8. The number of carbonyl (C=O) groups excluding carboxylic acids is 1. The fourth-order valence-electron chi connectivity index (χ4n) is 6.58. The number of para-hydroxylation sites is 2. The zero-order valence-corrected chi connectivity index (χ0v) is 20.6. The van der Waals surface area contributed by atoms with Crippen LogP contribution in [0.3, 0.4) is 0 Å². The normalized spacial score (nSPS) is 15.8. The number of hydrogen-bond acceptors (Lipinski definition) is 4. The molecule has 182 valence electrons. The van der Waals surface area contributed by atoms with Gasteiger partial charge in [-0.1, -0.05) is 84.9 Å². The lowest BCUT2D eigenvalue weighted by atomic mass is 9.57. The van der Waals surface area contributed by atoms with Gasteiger partial charge in [-0.15, -0.1) is 0 Å². The van der Waals surface area contributed by atoms with Crippen molar-refractivity contribution < 1.29 is 14.3 Å². The summed E-state index contributed by atoms with van der Waals surface area (Å²) >= 11 is 0. The van der Waals surface area contributed by atoms with Crippen molar-refractivity contribution in [1.82, 2.24) is 0 Å². The molecular formula is C34H23NO3. The Morgan fingerprint density at radius 1 is 0.553 bits per heavy atom. The Hall–Kier alpha value is -4.83. The molecule has 0 saturated heterocycles. The second kappa shape index (κ2) is 7.83. The third-order valence-corrected chi connectivity index (χ3v) is 8.03. The van der Waals surface area contributed by atoms with Gasteiger partial charge < -0.3 is 14.4 Å². The number of hydrogen-bond donors (Lipinski definition) is 0. The van der Waals surface area contributed by atoms with Crippen molar-refractivity contribution in [3.63, 3.8) is 0 Å². The van der Waals surface area contributed by atoms with Gasteiger partial charge in [0.15, 0.2) is 17.3 Å². The topological polar surface area (TPSA) is 38.8 Å². The van der Waals surface area contributed by atoms with Crippen molar-refractivity contribution in [3.8, 4) is 11.5 Å². The minimum Gasteiger partial charge on any atom is -0.486 e. The lowest BCUT2D eigenvalue weighted by Gasteiger charge is -2.48. The lowest BCUT2D eigenvalue weighted by molar-refractivity contribution is 0.103. The maximum Gasteiger partial charge on any atom is 0.193 e. The van der Waals surface area contributed by atoms with Gasteiger partial charge in [-0.25, -0.2) is 0 Å². The van der Waals surface area contributed by atoms with Crippen LogP contribution < -0.4 is 14.4 Å². The Morgan fingerprint density at radius 3 is 1.66 bits per heavy atom. The highest BCUT2D eigenvalue weighted by Gasteiger charge is 2.51. The molecule has 1 spiro atoms. The summed E-state index contributed by atoms with van der Waals surface area (Å²) in [5, 5.41) is 0. The molecule has 5 aromatic rings. The number of rotatable bonds is 1. The van der Waals surface area contributed by atoms with E-state index in [1.165, 1.54) is 0 Å². The van der Waals surface area contributed by atoms with Gasteiger partial charge in [-0.05, 0) is 46.5 Å². The highest BCUT2D eigenvalue weighted by Crippen LogP contribution is 2.60. The van der Waals surface area contributed by atoms with Crippen molar-refractivity contribution >= 4 is 22.8 Å². The average molecular weight is 494 g/mol. The molecule has 0 fully saturated rings. The predicted molar refractivity (Wildman–Crippen MR) is 147 cm³/mol. The van der Waals surface area contributed by atoms with Gasteiger partial charge in [0.1, 0.15) is 13.2 Å². The van der Waals surface area contributed by atoms with Gasteiger partial charge in [-0.3, -0.25) is 4.79 Å². The van der Waals surface area contributed by atoms with Gasteiger partial charge in [0.25, 0.3) is 0 Å². The van der Waals surface area contributed by atoms with E-state index in [1.54, 1.807) is 0 Å². The molecule has 0 unspecified atom stereocenters. The number of benzene rings is 5. The third kappa shape index (κ3) is 2.67. The highest BCUT2D eigenvalue weighted by atomic mass is 16.6. The summed E-state index contributed by atoms with van der Waals surface area (Å²) in [4.78, 5) is 16.0. The van der Waals surface area contributed by atoms with Crippen LogP contribution in [0.5, 0.6) is 11.5 Å². The van der Waals surface area contributed by atoms with E-state index in [9.17, 15) is 4.79 Å². The number of anilines is 3. The second-order valence-corrected chi connectivity index (χ2v) is 9.87. The Bertz CT molecular complexity index is 1670. The number of nitrogens with zero attached hydrogens (tertiary/aromatic N) is 1. The Morgan fingerprint density at radius 2 is 1.05 bits per heavy atom. The van der Waals surface area contributed by atoms with Gasteiger partial charge >= 0.3 is 0 Å². The quantitative estimate of drug-likeness (QED) is 0.243. The first-order valence-corrected chi connectivity index (χ1v) is 12.9. The maximum absolute atomic E-state index is 13.7. The molecule has 0 radical (unpaired) electrons. The monoisotopic (exact) mass is 493 g/mol. The average Bonchev–Trinajstić information content (AvgIpc) is 2.99. The van der Waals surface area contributed by atoms with E-state index in [4.69, 9.17) is 9.47 Å². The van der Waals surface area contributed by atoms with Crippen molar-refractivity contribution in [2.45, 2.75) is 5.41 Å². The van der Waals surface area contributed by atoms with Crippen molar-refractivity contribution in [2.24, 2.45) is 0 Å². The molecule has 5 aromatic carbocycles. The third-order valence-electron chi connectivity index (χ3n) is 8.03. The Balaban J connectivity index is 1.49. The molecule has 2 aliphatic heterocycles. The Kier molecular flexibility index (Phi) is 4.38. The first-order valence-electron chi connectivity index (χ1n) is 12.9. The molecule has 4 heteroatoms. The smallest absolute Gasteiger partial charge is 0.193 e. The highest BCUT2D eigenvalue weighted by molar-refractivity contribution is 6.14. The van der Waals surface area contributed by atoms with E-state index in [0.29, 0.717) is 13.2 Å². The summed E-state index contributed by atoms with van der Waals surface area (Å²) in [6, 6.07) is 39.4. The minimum absolute atomic E-state index is 0.0750. The van der Waals surface area contributed by atoms with Crippen molar-refractivity contribution in [1.29, 1.82) is 0 Å². The van der Waals surface area contributed by atoms with Crippen LogP contribution in [-0.2, 0) is 5.41 Å². The summed E-state index contributed by atoms with van der Waals surface area (Å²) in [7, 11) is 0. The summed E-state index contributed by atoms with van der Waals surface area (Å²) in [5.41, 5.74) is 8.32. The first kappa shape index (κ1) is 21.3. The van der Waals surface area contributed by atoms with Gasteiger partial charge in [0, 0.05) is 17.2 Å². The summed E-state index contributed by atoms with van der Waals surface area (Å²) in [5.74, 6) is 1.60. The Labute approximate surface area is 220 Å². The van der Waals surface area contributed by atoms with Crippen molar-refractivity contribution in [3.05, 3.63) is 149 Å². The van der Waals surface area contributed by atoms with E-state index in [1.807, 2.05) is 42.5 Å². The lowest BCUT2D eigenvalue weighted by Crippen LogP contribution is -2.42. The molecular weight excluding hydrogens is 470 g/mol. The molecule has 0 atom stereocenters. The van der Waals surface area contributed by atoms with Crippen LogP contribution in [0.2, 0.25) is 0 Å². The molecule has 0 N–H and O–H groups in total. The van der Waals surface area contributed by atoms with Crippen LogP contribution in [0.4, 0.5) is 17.1 Å².